The number of halogens is 2. The second kappa shape index (κ2) is 7.29. The molecule has 2 unspecified atom stereocenters. The van der Waals surface area contributed by atoms with Crippen LogP contribution in [0.2, 0.25) is 5.02 Å². The number of amides is 1. The van der Waals surface area contributed by atoms with E-state index in [-0.39, 0.29) is 21.6 Å². The summed E-state index contributed by atoms with van der Waals surface area (Å²) in [6, 6.07) is 12.7. The van der Waals surface area contributed by atoms with Gasteiger partial charge in [-0.25, -0.2) is 9.38 Å². The molecule has 0 fully saturated rings. The van der Waals surface area contributed by atoms with Crippen LogP contribution in [0.25, 0.3) is 0 Å². The molecule has 0 saturated carbocycles. The normalized spacial score (nSPS) is 19.8. The second-order valence-corrected chi connectivity index (χ2v) is 6.44. The molecule has 7 heteroatoms. The predicted molar refractivity (Wildman–Crippen MR) is 102 cm³/mol. The highest BCUT2D eigenvalue weighted by atomic mass is 35.5. The minimum atomic E-state index is -0.749. The first-order chi connectivity index (χ1) is 12.0. The summed E-state index contributed by atoms with van der Waals surface area (Å²) >= 11 is 11.3. The highest BCUT2D eigenvalue weighted by Crippen LogP contribution is 2.34. The van der Waals surface area contributed by atoms with Crippen LogP contribution >= 0.6 is 23.8 Å². The van der Waals surface area contributed by atoms with Gasteiger partial charge in [0.05, 0.1) is 6.04 Å². The molecule has 1 aliphatic heterocycles. The Bertz CT molecular complexity index is 836. The highest BCUT2D eigenvalue weighted by molar-refractivity contribution is 7.80. The van der Waals surface area contributed by atoms with Gasteiger partial charge in [0.2, 0.25) is 5.91 Å². The zero-order valence-corrected chi connectivity index (χ0v) is 14.9. The van der Waals surface area contributed by atoms with Crippen molar-refractivity contribution in [2.75, 3.05) is 5.32 Å². The molecule has 2 aromatic rings. The summed E-state index contributed by atoms with van der Waals surface area (Å²) in [5.74, 6) is -1.56. The third-order valence-electron chi connectivity index (χ3n) is 3.97. The minimum Gasteiger partial charge on any atom is -0.353 e. The summed E-state index contributed by atoms with van der Waals surface area (Å²) in [7, 11) is 0. The Morgan fingerprint density at radius 2 is 1.96 bits per heavy atom. The molecule has 0 bridgehead atoms. The average molecular weight is 376 g/mol. The lowest BCUT2D eigenvalue weighted by Gasteiger charge is -2.32. The van der Waals surface area contributed by atoms with Gasteiger partial charge in [0.15, 0.2) is 5.11 Å². The Labute approximate surface area is 155 Å². The standard InChI is InChI=1S/C18H15ClFN3OS/c1-10-14(17(24)22-11-6-3-2-4-7-11)16(23-18(25)21-10)15-12(19)8-5-9-13(15)20/h2-9,14,16H,1H3,(H,22,24)(H,23,25). The van der Waals surface area contributed by atoms with Crippen LogP contribution in [-0.4, -0.2) is 16.7 Å². The lowest BCUT2D eigenvalue weighted by atomic mass is 9.87. The number of hydrogen-bond acceptors (Lipinski definition) is 2. The van der Waals surface area contributed by atoms with E-state index in [1.807, 2.05) is 18.2 Å². The summed E-state index contributed by atoms with van der Waals surface area (Å²) in [6.07, 6.45) is 0. The Morgan fingerprint density at radius 3 is 2.64 bits per heavy atom. The summed E-state index contributed by atoms with van der Waals surface area (Å²) in [6.45, 7) is 1.70. The van der Waals surface area contributed by atoms with Crippen molar-refractivity contribution in [1.82, 2.24) is 5.32 Å². The molecule has 2 atom stereocenters. The molecule has 25 heavy (non-hydrogen) atoms. The van der Waals surface area contributed by atoms with Gasteiger partial charge in [0.1, 0.15) is 11.7 Å². The molecule has 0 saturated heterocycles. The molecule has 128 valence electrons. The lowest BCUT2D eigenvalue weighted by Crippen LogP contribution is -2.45. The number of thiocarbonyl (C=S) groups is 1. The maximum absolute atomic E-state index is 14.4. The van der Waals surface area contributed by atoms with Crippen LogP contribution < -0.4 is 10.6 Å². The summed E-state index contributed by atoms with van der Waals surface area (Å²) in [4.78, 5) is 17.0. The van der Waals surface area contributed by atoms with E-state index in [0.29, 0.717) is 11.4 Å². The molecule has 1 aliphatic rings. The van der Waals surface area contributed by atoms with Crippen LogP contribution in [0.5, 0.6) is 0 Å². The van der Waals surface area contributed by atoms with Gasteiger partial charge in [0, 0.05) is 22.0 Å². The van der Waals surface area contributed by atoms with Crippen LogP contribution in [0.1, 0.15) is 18.5 Å². The van der Waals surface area contributed by atoms with Crippen molar-refractivity contribution in [3.63, 3.8) is 0 Å². The van der Waals surface area contributed by atoms with Crippen LogP contribution in [0, 0.1) is 11.7 Å². The van der Waals surface area contributed by atoms with E-state index in [0.717, 1.165) is 0 Å². The number of aliphatic imine (C=N–C) groups is 1. The van der Waals surface area contributed by atoms with Gasteiger partial charge in [0.25, 0.3) is 0 Å². The van der Waals surface area contributed by atoms with Gasteiger partial charge in [-0.1, -0.05) is 35.9 Å². The number of anilines is 1. The summed E-state index contributed by atoms with van der Waals surface area (Å²) in [5, 5.41) is 6.18. The van der Waals surface area contributed by atoms with E-state index >= 15 is 0 Å². The molecule has 0 spiro atoms. The smallest absolute Gasteiger partial charge is 0.235 e. The van der Waals surface area contributed by atoms with E-state index < -0.39 is 17.8 Å². The number of benzene rings is 2. The van der Waals surface area contributed by atoms with Gasteiger partial charge < -0.3 is 10.6 Å². The predicted octanol–water partition coefficient (Wildman–Crippen LogP) is 4.12. The highest BCUT2D eigenvalue weighted by Gasteiger charge is 2.38. The fraction of sp³-hybridized carbons (Fsp3) is 0.167. The van der Waals surface area contributed by atoms with E-state index in [4.69, 9.17) is 23.8 Å². The number of carbonyl (C=O) groups is 1. The van der Waals surface area contributed by atoms with Gasteiger partial charge in [-0.3, -0.25) is 4.79 Å². The van der Waals surface area contributed by atoms with Crippen molar-refractivity contribution in [3.05, 3.63) is 64.9 Å². The molecule has 2 N–H and O–H groups in total. The number of hydrogen-bond donors (Lipinski definition) is 2. The number of nitrogens with zero attached hydrogens (tertiary/aromatic N) is 1. The van der Waals surface area contributed by atoms with Crippen molar-refractivity contribution in [3.8, 4) is 0 Å². The minimum absolute atomic E-state index is 0.200. The molecular formula is C18H15ClFN3OS. The topological polar surface area (TPSA) is 53.5 Å². The van der Waals surface area contributed by atoms with Crippen molar-refractivity contribution >= 4 is 46.2 Å². The van der Waals surface area contributed by atoms with Gasteiger partial charge in [-0.05, 0) is 43.4 Å². The SMILES string of the molecule is CC1=NC(=S)NC(c2c(F)cccc2Cl)C1C(=O)Nc1ccccc1. The Kier molecular flexibility index (Phi) is 5.11. The van der Waals surface area contributed by atoms with Gasteiger partial charge in [-0.2, -0.15) is 0 Å². The van der Waals surface area contributed by atoms with E-state index in [2.05, 4.69) is 15.6 Å². The average Bonchev–Trinajstić information content (AvgIpc) is 2.55. The van der Waals surface area contributed by atoms with Gasteiger partial charge >= 0.3 is 0 Å². The van der Waals surface area contributed by atoms with E-state index in [9.17, 15) is 9.18 Å². The lowest BCUT2D eigenvalue weighted by molar-refractivity contribution is -0.118. The van der Waals surface area contributed by atoms with Crippen molar-refractivity contribution in [2.45, 2.75) is 13.0 Å². The maximum atomic E-state index is 14.4. The van der Waals surface area contributed by atoms with Crippen LogP contribution in [0.15, 0.2) is 53.5 Å². The van der Waals surface area contributed by atoms with Crippen molar-refractivity contribution in [1.29, 1.82) is 0 Å². The second-order valence-electron chi connectivity index (χ2n) is 5.65. The van der Waals surface area contributed by atoms with E-state index in [1.165, 1.54) is 12.1 Å². The van der Waals surface area contributed by atoms with Crippen LogP contribution in [0.4, 0.5) is 10.1 Å². The molecule has 0 radical (unpaired) electrons. The summed E-state index contributed by atoms with van der Waals surface area (Å²) < 4.78 is 14.4. The number of para-hydroxylation sites is 1. The fourth-order valence-corrected chi connectivity index (χ4v) is 3.40. The van der Waals surface area contributed by atoms with E-state index in [1.54, 1.807) is 25.1 Å². The first-order valence-corrected chi connectivity index (χ1v) is 8.41. The molecule has 1 amide bonds. The largest absolute Gasteiger partial charge is 0.353 e. The van der Waals surface area contributed by atoms with Gasteiger partial charge in [-0.15, -0.1) is 0 Å². The maximum Gasteiger partial charge on any atom is 0.235 e. The fourth-order valence-electron chi connectivity index (χ4n) is 2.85. The number of nitrogens with one attached hydrogen (secondary N) is 2. The number of carbonyl (C=O) groups excluding carboxylic acids is 1. The van der Waals surface area contributed by atoms with Crippen LogP contribution in [0.3, 0.4) is 0 Å². The molecule has 4 nitrogen and oxygen atoms in total. The first-order valence-electron chi connectivity index (χ1n) is 7.63. The Hall–Kier alpha value is -2.31. The molecule has 3 rings (SSSR count). The quantitative estimate of drug-likeness (QED) is 0.793. The Balaban J connectivity index is 1.99. The molecule has 0 aromatic heterocycles. The zero-order valence-electron chi connectivity index (χ0n) is 13.3. The molecule has 1 heterocycles. The van der Waals surface area contributed by atoms with Crippen LogP contribution in [-0.2, 0) is 4.79 Å². The molecule has 0 aliphatic carbocycles. The Morgan fingerprint density at radius 1 is 1.24 bits per heavy atom. The van der Waals surface area contributed by atoms with Crippen molar-refractivity contribution < 1.29 is 9.18 Å². The zero-order chi connectivity index (χ0) is 18.0. The monoisotopic (exact) mass is 375 g/mol. The molecular weight excluding hydrogens is 361 g/mol. The van der Waals surface area contributed by atoms with Crippen molar-refractivity contribution in [2.24, 2.45) is 10.9 Å². The third kappa shape index (κ3) is 3.70. The first kappa shape index (κ1) is 17.5. The number of rotatable bonds is 3. The third-order valence-corrected chi connectivity index (χ3v) is 4.51. The summed E-state index contributed by atoms with van der Waals surface area (Å²) in [5.41, 5.74) is 1.35. The molecule has 2 aromatic carbocycles.